The fourth-order valence-corrected chi connectivity index (χ4v) is 2.52. The largest absolute Gasteiger partial charge is 0.321 e. The molecule has 1 heterocycles. The number of carbonyl (C=O) groups excluding carboxylic acids is 3. The van der Waals surface area contributed by atoms with Gasteiger partial charge in [-0.05, 0) is 30.7 Å². The Morgan fingerprint density at radius 3 is 2.45 bits per heavy atom. The van der Waals surface area contributed by atoms with Gasteiger partial charge in [0.05, 0.1) is 16.8 Å². The number of nitrogens with one attached hydrogen (secondary N) is 1. The number of nitrogens with zero attached hydrogens (tertiary/aromatic N) is 1. The normalized spacial score (nSPS) is 13.3. The molecule has 0 aromatic heterocycles. The third kappa shape index (κ3) is 2.07. The summed E-state index contributed by atoms with van der Waals surface area (Å²) in [5.74, 6) is -1.06. The molecule has 3 rings (SSSR count). The van der Waals surface area contributed by atoms with Gasteiger partial charge in [0.15, 0.2) is 0 Å². The zero-order valence-corrected chi connectivity index (χ0v) is 12.2. The van der Waals surface area contributed by atoms with Gasteiger partial charge in [0.2, 0.25) is 0 Å². The molecule has 0 saturated heterocycles. The van der Waals surface area contributed by atoms with Crippen molar-refractivity contribution in [3.05, 3.63) is 64.7 Å². The number of hydrogen-bond acceptors (Lipinski definition) is 3. The number of carbonyl (C=O) groups is 3. The molecule has 5 nitrogen and oxygen atoms in total. The Kier molecular flexibility index (Phi) is 3.25. The van der Waals surface area contributed by atoms with Gasteiger partial charge in [0.1, 0.15) is 0 Å². The molecule has 0 unspecified atom stereocenters. The van der Waals surface area contributed by atoms with Crippen LogP contribution in [0.5, 0.6) is 0 Å². The number of fused-ring (bicyclic) bond motifs is 1. The number of aryl methyl sites for hydroxylation is 1. The molecule has 22 heavy (non-hydrogen) atoms. The first-order valence-corrected chi connectivity index (χ1v) is 6.83. The molecule has 2 aromatic rings. The minimum absolute atomic E-state index is 0.247. The van der Waals surface area contributed by atoms with Crippen LogP contribution in [-0.2, 0) is 0 Å². The summed E-state index contributed by atoms with van der Waals surface area (Å²) in [5, 5.41) is 2.73. The third-order valence-electron chi connectivity index (χ3n) is 3.76. The number of imide groups is 1. The van der Waals surface area contributed by atoms with Crippen LogP contribution in [-0.4, -0.2) is 29.7 Å². The van der Waals surface area contributed by atoms with Crippen LogP contribution in [0.25, 0.3) is 0 Å². The summed E-state index contributed by atoms with van der Waals surface area (Å²) >= 11 is 0. The predicted octanol–water partition coefficient (Wildman–Crippen LogP) is 2.47. The van der Waals surface area contributed by atoms with E-state index in [0.717, 1.165) is 10.5 Å². The van der Waals surface area contributed by atoms with Crippen molar-refractivity contribution in [2.75, 3.05) is 12.4 Å². The Hall–Kier alpha value is -2.95. The summed E-state index contributed by atoms with van der Waals surface area (Å²) in [6, 6.07) is 12.0. The number of hydrogen-bond donors (Lipinski definition) is 1. The quantitative estimate of drug-likeness (QED) is 0.865. The lowest BCUT2D eigenvalue weighted by atomic mass is 10.1. The minimum atomic E-state index is -0.402. The lowest BCUT2D eigenvalue weighted by molar-refractivity contribution is 0.0693. The van der Waals surface area contributed by atoms with Gasteiger partial charge in [-0.25, -0.2) is 0 Å². The first-order valence-electron chi connectivity index (χ1n) is 6.83. The van der Waals surface area contributed by atoms with Gasteiger partial charge in [0.25, 0.3) is 17.7 Å². The van der Waals surface area contributed by atoms with E-state index in [1.165, 1.54) is 7.05 Å². The SMILES string of the molecule is Cc1ccccc1C(=O)Nc1cccc2c1C(=O)N(C)C2=O. The molecule has 0 aliphatic carbocycles. The van der Waals surface area contributed by atoms with Crippen LogP contribution >= 0.6 is 0 Å². The molecule has 0 bridgehead atoms. The zero-order chi connectivity index (χ0) is 15.9. The predicted molar refractivity (Wildman–Crippen MR) is 82.0 cm³/mol. The van der Waals surface area contributed by atoms with Crippen molar-refractivity contribution in [1.82, 2.24) is 4.90 Å². The zero-order valence-electron chi connectivity index (χ0n) is 12.2. The minimum Gasteiger partial charge on any atom is -0.321 e. The molecule has 0 spiro atoms. The van der Waals surface area contributed by atoms with E-state index >= 15 is 0 Å². The highest BCUT2D eigenvalue weighted by Crippen LogP contribution is 2.28. The Morgan fingerprint density at radius 1 is 1.00 bits per heavy atom. The molecule has 0 radical (unpaired) electrons. The Balaban J connectivity index is 1.99. The highest BCUT2D eigenvalue weighted by Gasteiger charge is 2.35. The van der Waals surface area contributed by atoms with E-state index in [1.807, 2.05) is 19.1 Å². The van der Waals surface area contributed by atoms with Crippen LogP contribution < -0.4 is 5.32 Å². The molecule has 1 N–H and O–H groups in total. The first kappa shape index (κ1) is 14.0. The van der Waals surface area contributed by atoms with Crippen LogP contribution in [0.2, 0.25) is 0 Å². The monoisotopic (exact) mass is 294 g/mol. The summed E-state index contributed by atoms with van der Waals surface area (Å²) in [5.41, 5.74) is 2.29. The topological polar surface area (TPSA) is 66.5 Å². The molecule has 1 aliphatic rings. The lowest BCUT2D eigenvalue weighted by Gasteiger charge is -2.10. The lowest BCUT2D eigenvalue weighted by Crippen LogP contribution is -2.24. The second-order valence-corrected chi connectivity index (χ2v) is 5.17. The van der Waals surface area contributed by atoms with Crippen LogP contribution in [0, 0.1) is 6.92 Å². The molecule has 0 atom stereocenters. The fraction of sp³-hybridized carbons (Fsp3) is 0.118. The standard InChI is InChI=1S/C17H14N2O3/c1-10-6-3-4-7-11(10)15(20)18-13-9-5-8-12-14(13)17(22)19(2)16(12)21/h3-9H,1-2H3,(H,18,20). The molecular formula is C17H14N2O3. The van der Waals surface area contributed by atoms with Gasteiger partial charge in [-0.15, -0.1) is 0 Å². The maximum Gasteiger partial charge on any atom is 0.263 e. The number of benzene rings is 2. The highest BCUT2D eigenvalue weighted by molar-refractivity contribution is 6.24. The summed E-state index contributed by atoms with van der Waals surface area (Å²) in [6.07, 6.45) is 0. The first-order chi connectivity index (χ1) is 10.5. The van der Waals surface area contributed by atoms with Gasteiger partial charge in [-0.1, -0.05) is 24.3 Å². The van der Waals surface area contributed by atoms with Crippen molar-refractivity contribution in [3.8, 4) is 0 Å². The van der Waals surface area contributed by atoms with E-state index in [-0.39, 0.29) is 17.4 Å². The number of amides is 3. The summed E-state index contributed by atoms with van der Waals surface area (Å²) in [6.45, 7) is 1.84. The summed E-state index contributed by atoms with van der Waals surface area (Å²) < 4.78 is 0. The molecule has 110 valence electrons. The van der Waals surface area contributed by atoms with Crippen molar-refractivity contribution in [2.45, 2.75) is 6.92 Å². The third-order valence-corrected chi connectivity index (χ3v) is 3.76. The van der Waals surface area contributed by atoms with E-state index in [2.05, 4.69) is 5.32 Å². The van der Waals surface area contributed by atoms with Crippen LogP contribution in [0.15, 0.2) is 42.5 Å². The molecule has 3 amide bonds. The van der Waals surface area contributed by atoms with Crippen LogP contribution in [0.3, 0.4) is 0 Å². The van der Waals surface area contributed by atoms with E-state index in [4.69, 9.17) is 0 Å². The average Bonchev–Trinajstić information content (AvgIpc) is 2.73. The van der Waals surface area contributed by atoms with Crippen LogP contribution in [0.1, 0.15) is 36.6 Å². The van der Waals surface area contributed by atoms with E-state index in [0.29, 0.717) is 16.8 Å². The summed E-state index contributed by atoms with van der Waals surface area (Å²) in [4.78, 5) is 37.6. The van der Waals surface area contributed by atoms with Crippen LogP contribution in [0.4, 0.5) is 5.69 Å². The molecular weight excluding hydrogens is 280 g/mol. The number of anilines is 1. The van der Waals surface area contributed by atoms with Crippen molar-refractivity contribution >= 4 is 23.4 Å². The summed E-state index contributed by atoms with van der Waals surface area (Å²) in [7, 11) is 1.43. The Bertz CT molecular complexity index is 811. The van der Waals surface area contributed by atoms with E-state index in [9.17, 15) is 14.4 Å². The van der Waals surface area contributed by atoms with Gasteiger partial charge in [0, 0.05) is 12.6 Å². The van der Waals surface area contributed by atoms with Crippen molar-refractivity contribution < 1.29 is 14.4 Å². The van der Waals surface area contributed by atoms with Gasteiger partial charge in [-0.3, -0.25) is 19.3 Å². The molecule has 5 heteroatoms. The van der Waals surface area contributed by atoms with Crippen molar-refractivity contribution in [2.24, 2.45) is 0 Å². The second-order valence-electron chi connectivity index (χ2n) is 5.17. The maximum atomic E-state index is 12.4. The Labute approximate surface area is 127 Å². The molecule has 0 saturated carbocycles. The van der Waals surface area contributed by atoms with Gasteiger partial charge >= 0.3 is 0 Å². The number of rotatable bonds is 2. The Morgan fingerprint density at radius 2 is 1.73 bits per heavy atom. The van der Waals surface area contributed by atoms with Crippen molar-refractivity contribution in [1.29, 1.82) is 0 Å². The fourth-order valence-electron chi connectivity index (χ4n) is 2.52. The van der Waals surface area contributed by atoms with Gasteiger partial charge in [-0.2, -0.15) is 0 Å². The maximum absolute atomic E-state index is 12.4. The van der Waals surface area contributed by atoms with E-state index in [1.54, 1.807) is 30.3 Å². The highest BCUT2D eigenvalue weighted by atomic mass is 16.2. The van der Waals surface area contributed by atoms with E-state index < -0.39 is 5.91 Å². The molecule has 1 aliphatic heterocycles. The second kappa shape index (κ2) is 5.11. The average molecular weight is 294 g/mol. The molecule has 0 fully saturated rings. The smallest absolute Gasteiger partial charge is 0.263 e. The molecule has 2 aromatic carbocycles. The van der Waals surface area contributed by atoms with Gasteiger partial charge < -0.3 is 5.32 Å². The van der Waals surface area contributed by atoms with Crippen molar-refractivity contribution in [3.63, 3.8) is 0 Å².